The summed E-state index contributed by atoms with van der Waals surface area (Å²) >= 11 is 0. The zero-order chi connectivity index (χ0) is 20.6. The normalized spacial score (nSPS) is 9.97. The molecule has 0 atom stereocenters. The topological polar surface area (TPSA) is 96.5 Å². The number of hydrogen-bond donors (Lipinski definition) is 3. The molecule has 3 rings (SSSR count). The minimum Gasteiger partial charge on any atom is -0.497 e. The predicted molar refractivity (Wildman–Crippen MR) is 109 cm³/mol. The van der Waals surface area contributed by atoms with E-state index in [2.05, 4.69) is 16.2 Å². The Kier molecular flexibility index (Phi) is 6.22. The fourth-order valence-electron chi connectivity index (χ4n) is 2.57. The van der Waals surface area contributed by atoms with Gasteiger partial charge in [-0.2, -0.15) is 0 Å². The van der Waals surface area contributed by atoms with Gasteiger partial charge in [0.1, 0.15) is 5.75 Å². The lowest BCUT2D eigenvalue weighted by molar-refractivity contribution is 0.0847. The lowest BCUT2D eigenvalue weighted by Crippen LogP contribution is -2.41. The van der Waals surface area contributed by atoms with Crippen LogP contribution in [0.15, 0.2) is 78.9 Å². The molecule has 0 saturated heterocycles. The third-order valence-corrected chi connectivity index (χ3v) is 4.10. The van der Waals surface area contributed by atoms with Gasteiger partial charge in [0.15, 0.2) is 0 Å². The van der Waals surface area contributed by atoms with Crippen LogP contribution in [0.5, 0.6) is 5.75 Å². The molecule has 0 fully saturated rings. The Bertz CT molecular complexity index is 1020. The van der Waals surface area contributed by atoms with Gasteiger partial charge in [0.2, 0.25) is 0 Å². The summed E-state index contributed by atoms with van der Waals surface area (Å²) in [5, 5.41) is 2.71. The number of hydrazine groups is 1. The Morgan fingerprint density at radius 2 is 1.24 bits per heavy atom. The van der Waals surface area contributed by atoms with Crippen LogP contribution < -0.4 is 20.9 Å². The first-order chi connectivity index (χ1) is 14.1. The summed E-state index contributed by atoms with van der Waals surface area (Å²) in [6, 6.07) is 21.6. The molecule has 0 aliphatic carbocycles. The molecule has 0 spiro atoms. The van der Waals surface area contributed by atoms with Crippen molar-refractivity contribution in [1.82, 2.24) is 10.9 Å². The average Bonchev–Trinajstić information content (AvgIpc) is 2.78. The van der Waals surface area contributed by atoms with Gasteiger partial charge in [-0.3, -0.25) is 25.2 Å². The molecule has 0 radical (unpaired) electrons. The number of benzene rings is 3. The molecule has 0 unspecified atom stereocenters. The first-order valence-electron chi connectivity index (χ1n) is 8.78. The summed E-state index contributed by atoms with van der Waals surface area (Å²) in [6.45, 7) is 0. The van der Waals surface area contributed by atoms with Crippen LogP contribution in [-0.2, 0) is 0 Å². The monoisotopic (exact) mass is 389 g/mol. The second-order valence-electron chi connectivity index (χ2n) is 6.00. The number of carbonyl (C=O) groups excluding carboxylic acids is 3. The lowest BCUT2D eigenvalue weighted by atomic mass is 10.1. The molecule has 3 N–H and O–H groups in total. The van der Waals surface area contributed by atoms with Crippen molar-refractivity contribution in [2.45, 2.75) is 0 Å². The van der Waals surface area contributed by atoms with E-state index in [1.807, 2.05) is 0 Å². The van der Waals surface area contributed by atoms with E-state index in [0.29, 0.717) is 22.6 Å². The van der Waals surface area contributed by atoms with Gasteiger partial charge in [-0.25, -0.2) is 0 Å². The van der Waals surface area contributed by atoms with Crippen LogP contribution in [0.2, 0.25) is 0 Å². The van der Waals surface area contributed by atoms with Gasteiger partial charge in [0, 0.05) is 11.1 Å². The smallest absolute Gasteiger partial charge is 0.271 e. The Morgan fingerprint density at radius 1 is 0.655 bits per heavy atom. The molecule has 3 amide bonds. The fourth-order valence-corrected chi connectivity index (χ4v) is 2.57. The van der Waals surface area contributed by atoms with Gasteiger partial charge in [-0.1, -0.05) is 30.3 Å². The number of rotatable bonds is 5. The third kappa shape index (κ3) is 4.98. The molecule has 146 valence electrons. The average molecular weight is 389 g/mol. The SMILES string of the molecule is COc1ccc(C(=O)Nc2ccccc2C(=O)NNC(=O)c2ccccc2)cc1. The largest absolute Gasteiger partial charge is 0.497 e. The fraction of sp³-hybridized carbons (Fsp3) is 0.0455. The van der Waals surface area contributed by atoms with Crippen molar-refractivity contribution >= 4 is 23.4 Å². The van der Waals surface area contributed by atoms with Crippen molar-refractivity contribution in [2.24, 2.45) is 0 Å². The maximum Gasteiger partial charge on any atom is 0.271 e. The van der Waals surface area contributed by atoms with Gasteiger partial charge < -0.3 is 10.1 Å². The zero-order valence-corrected chi connectivity index (χ0v) is 15.6. The molecule has 3 aromatic carbocycles. The van der Waals surface area contributed by atoms with Crippen LogP contribution >= 0.6 is 0 Å². The first-order valence-corrected chi connectivity index (χ1v) is 8.78. The van der Waals surface area contributed by atoms with Crippen molar-refractivity contribution in [2.75, 3.05) is 12.4 Å². The van der Waals surface area contributed by atoms with Crippen LogP contribution in [-0.4, -0.2) is 24.8 Å². The van der Waals surface area contributed by atoms with Crippen LogP contribution in [0.25, 0.3) is 0 Å². The Labute approximate surface area is 167 Å². The number of ether oxygens (including phenoxy) is 1. The molecule has 0 aliphatic heterocycles. The van der Waals surface area contributed by atoms with Crippen molar-refractivity contribution < 1.29 is 19.1 Å². The molecule has 29 heavy (non-hydrogen) atoms. The number of amides is 3. The van der Waals surface area contributed by atoms with E-state index in [9.17, 15) is 14.4 Å². The first kappa shape index (κ1) is 19.6. The van der Waals surface area contributed by atoms with E-state index in [4.69, 9.17) is 4.74 Å². The Balaban J connectivity index is 1.68. The van der Waals surface area contributed by atoms with Crippen molar-refractivity contribution in [3.05, 3.63) is 95.6 Å². The van der Waals surface area contributed by atoms with Crippen molar-refractivity contribution in [1.29, 1.82) is 0 Å². The maximum atomic E-state index is 12.5. The van der Waals surface area contributed by atoms with Crippen LogP contribution in [0.1, 0.15) is 31.1 Å². The molecule has 7 heteroatoms. The van der Waals surface area contributed by atoms with Crippen molar-refractivity contribution in [3.8, 4) is 5.75 Å². The molecule has 0 bridgehead atoms. The van der Waals surface area contributed by atoms with E-state index >= 15 is 0 Å². The molecule has 0 heterocycles. The maximum absolute atomic E-state index is 12.5. The highest BCUT2D eigenvalue weighted by Gasteiger charge is 2.15. The minimum absolute atomic E-state index is 0.211. The number of para-hydroxylation sites is 1. The molecular formula is C22H19N3O4. The number of methoxy groups -OCH3 is 1. The highest BCUT2D eigenvalue weighted by molar-refractivity contribution is 6.09. The predicted octanol–water partition coefficient (Wildman–Crippen LogP) is 3.02. The summed E-state index contributed by atoms with van der Waals surface area (Å²) in [6.07, 6.45) is 0. The molecule has 3 aromatic rings. The molecular weight excluding hydrogens is 370 g/mol. The quantitative estimate of drug-likeness (QED) is 0.585. The number of anilines is 1. The lowest BCUT2D eigenvalue weighted by Gasteiger charge is -2.12. The van der Waals surface area contributed by atoms with Gasteiger partial charge in [0.05, 0.1) is 18.4 Å². The molecule has 7 nitrogen and oxygen atoms in total. The minimum atomic E-state index is -0.556. The standard InChI is InChI=1S/C22H19N3O4/c1-29-17-13-11-16(12-14-17)20(26)23-19-10-6-5-9-18(19)22(28)25-24-21(27)15-7-3-2-4-8-15/h2-14H,1H3,(H,23,26)(H,24,27)(H,25,28). The molecule has 0 aliphatic rings. The highest BCUT2D eigenvalue weighted by Crippen LogP contribution is 2.17. The third-order valence-electron chi connectivity index (χ3n) is 4.10. The van der Waals surface area contributed by atoms with Gasteiger partial charge in [-0.15, -0.1) is 0 Å². The second-order valence-corrected chi connectivity index (χ2v) is 6.00. The second kappa shape index (κ2) is 9.18. The molecule has 0 aromatic heterocycles. The number of carbonyl (C=O) groups is 3. The molecule has 0 saturated carbocycles. The zero-order valence-electron chi connectivity index (χ0n) is 15.6. The summed E-state index contributed by atoms with van der Waals surface area (Å²) in [5.74, 6) is -0.740. The van der Waals surface area contributed by atoms with Crippen LogP contribution in [0.4, 0.5) is 5.69 Å². The summed E-state index contributed by atoms with van der Waals surface area (Å²) in [5.41, 5.74) is 6.07. The van der Waals surface area contributed by atoms with E-state index in [-0.39, 0.29) is 11.5 Å². The van der Waals surface area contributed by atoms with Gasteiger partial charge in [0.25, 0.3) is 17.7 Å². The summed E-state index contributed by atoms with van der Waals surface area (Å²) < 4.78 is 5.08. The van der Waals surface area contributed by atoms with E-state index < -0.39 is 11.8 Å². The van der Waals surface area contributed by atoms with Crippen molar-refractivity contribution in [3.63, 3.8) is 0 Å². The van der Waals surface area contributed by atoms with Crippen LogP contribution in [0, 0.1) is 0 Å². The number of hydrogen-bond acceptors (Lipinski definition) is 4. The highest BCUT2D eigenvalue weighted by atomic mass is 16.5. The van der Waals surface area contributed by atoms with E-state index in [0.717, 1.165) is 0 Å². The van der Waals surface area contributed by atoms with E-state index in [1.165, 1.54) is 0 Å². The number of nitrogens with one attached hydrogen (secondary N) is 3. The van der Waals surface area contributed by atoms with E-state index in [1.54, 1.807) is 86.0 Å². The summed E-state index contributed by atoms with van der Waals surface area (Å²) in [7, 11) is 1.54. The van der Waals surface area contributed by atoms with Gasteiger partial charge in [-0.05, 0) is 48.5 Å². The van der Waals surface area contributed by atoms with Crippen LogP contribution in [0.3, 0.4) is 0 Å². The summed E-state index contributed by atoms with van der Waals surface area (Å²) in [4.78, 5) is 37.1. The van der Waals surface area contributed by atoms with Gasteiger partial charge >= 0.3 is 0 Å². The Hall–Kier alpha value is -4.13. The Morgan fingerprint density at radius 3 is 1.93 bits per heavy atom.